The van der Waals surface area contributed by atoms with E-state index in [9.17, 15) is 0 Å². The number of guanidine groups is 1. The van der Waals surface area contributed by atoms with E-state index in [0.29, 0.717) is 12.0 Å². The normalized spacial score (nSPS) is 20.9. The molecule has 2 heterocycles. The zero-order valence-corrected chi connectivity index (χ0v) is 16.8. The van der Waals surface area contributed by atoms with Crippen molar-refractivity contribution >= 4 is 5.96 Å². The number of rotatable bonds is 6. The standard InChI is InChI=1S/C21H32N6/c1-18-9-12-26(16-20(18)27-14-10-23-17-27)21(22-2)24-11-13-25(3)15-19-7-5-4-6-8-19/h4-8,10,14,17-18,20H,9,11-13,15-16H2,1-3H3,(H,22,24). The van der Waals surface area contributed by atoms with Crippen molar-refractivity contribution < 1.29 is 0 Å². The van der Waals surface area contributed by atoms with Crippen molar-refractivity contribution in [2.24, 2.45) is 10.9 Å². The Morgan fingerprint density at radius 2 is 2.15 bits per heavy atom. The molecule has 0 radical (unpaired) electrons. The Morgan fingerprint density at radius 3 is 2.85 bits per heavy atom. The first-order chi connectivity index (χ1) is 13.2. The molecular formula is C21H32N6. The quantitative estimate of drug-likeness (QED) is 0.629. The number of benzene rings is 1. The van der Waals surface area contributed by atoms with Crippen LogP contribution in [0.25, 0.3) is 0 Å². The second-order valence-corrected chi connectivity index (χ2v) is 7.49. The fourth-order valence-corrected chi connectivity index (χ4v) is 3.76. The van der Waals surface area contributed by atoms with Crippen LogP contribution < -0.4 is 5.32 Å². The molecule has 6 nitrogen and oxygen atoms in total. The number of likely N-dealkylation sites (N-methyl/N-ethyl adjacent to an activating group) is 1. The van der Waals surface area contributed by atoms with Crippen molar-refractivity contribution in [1.82, 2.24) is 24.7 Å². The minimum Gasteiger partial charge on any atom is -0.355 e. The van der Waals surface area contributed by atoms with E-state index in [0.717, 1.165) is 45.1 Å². The summed E-state index contributed by atoms with van der Waals surface area (Å²) >= 11 is 0. The van der Waals surface area contributed by atoms with E-state index in [1.807, 2.05) is 19.6 Å². The third-order valence-corrected chi connectivity index (χ3v) is 5.41. The first-order valence-corrected chi connectivity index (χ1v) is 9.83. The van der Waals surface area contributed by atoms with Gasteiger partial charge in [0.2, 0.25) is 0 Å². The van der Waals surface area contributed by atoms with Crippen LogP contribution in [0.2, 0.25) is 0 Å². The fraction of sp³-hybridized carbons (Fsp3) is 0.524. The number of hydrogen-bond acceptors (Lipinski definition) is 3. The number of aromatic nitrogens is 2. The summed E-state index contributed by atoms with van der Waals surface area (Å²) in [5.41, 5.74) is 1.34. The zero-order chi connectivity index (χ0) is 19.1. The lowest BCUT2D eigenvalue weighted by molar-refractivity contribution is 0.188. The van der Waals surface area contributed by atoms with Gasteiger partial charge < -0.3 is 19.7 Å². The molecule has 1 aromatic carbocycles. The third-order valence-electron chi connectivity index (χ3n) is 5.41. The van der Waals surface area contributed by atoms with Crippen molar-refractivity contribution in [3.8, 4) is 0 Å². The first kappa shape index (κ1) is 19.4. The molecule has 0 spiro atoms. The van der Waals surface area contributed by atoms with Crippen LogP contribution in [0.15, 0.2) is 54.0 Å². The van der Waals surface area contributed by atoms with E-state index < -0.39 is 0 Å². The van der Waals surface area contributed by atoms with Crippen molar-refractivity contribution in [2.75, 3.05) is 40.3 Å². The second-order valence-electron chi connectivity index (χ2n) is 7.49. The molecule has 2 aromatic rings. The summed E-state index contributed by atoms with van der Waals surface area (Å²) in [7, 11) is 4.04. The van der Waals surface area contributed by atoms with E-state index >= 15 is 0 Å². The SMILES string of the molecule is CN=C(NCCN(C)Cc1ccccc1)N1CCC(C)C(n2ccnc2)C1. The molecule has 2 unspecified atom stereocenters. The van der Waals surface area contributed by atoms with Gasteiger partial charge in [0, 0.05) is 52.2 Å². The molecule has 1 aromatic heterocycles. The predicted molar refractivity (Wildman–Crippen MR) is 111 cm³/mol. The first-order valence-electron chi connectivity index (χ1n) is 9.83. The average molecular weight is 369 g/mol. The van der Waals surface area contributed by atoms with Gasteiger partial charge in [-0.05, 0) is 24.9 Å². The molecule has 0 bridgehead atoms. The largest absolute Gasteiger partial charge is 0.355 e. The molecule has 1 aliphatic heterocycles. The van der Waals surface area contributed by atoms with Gasteiger partial charge in [-0.15, -0.1) is 0 Å². The highest BCUT2D eigenvalue weighted by Crippen LogP contribution is 2.27. The van der Waals surface area contributed by atoms with Crippen LogP contribution >= 0.6 is 0 Å². The van der Waals surface area contributed by atoms with E-state index in [1.165, 1.54) is 5.56 Å². The number of likely N-dealkylation sites (tertiary alicyclic amines) is 1. The van der Waals surface area contributed by atoms with Crippen LogP contribution in [0.3, 0.4) is 0 Å². The lowest BCUT2D eigenvalue weighted by atomic mass is 9.93. The Hall–Kier alpha value is -2.34. The smallest absolute Gasteiger partial charge is 0.193 e. The van der Waals surface area contributed by atoms with Gasteiger partial charge in [-0.25, -0.2) is 4.98 Å². The highest BCUT2D eigenvalue weighted by atomic mass is 15.3. The van der Waals surface area contributed by atoms with Crippen molar-refractivity contribution in [3.63, 3.8) is 0 Å². The summed E-state index contributed by atoms with van der Waals surface area (Å²) in [6, 6.07) is 11.0. The zero-order valence-electron chi connectivity index (χ0n) is 16.8. The van der Waals surface area contributed by atoms with Crippen LogP contribution in [0, 0.1) is 5.92 Å². The van der Waals surface area contributed by atoms with E-state index in [-0.39, 0.29) is 0 Å². The fourth-order valence-electron chi connectivity index (χ4n) is 3.76. The van der Waals surface area contributed by atoms with Gasteiger partial charge in [0.15, 0.2) is 5.96 Å². The Morgan fingerprint density at radius 1 is 1.33 bits per heavy atom. The molecule has 27 heavy (non-hydrogen) atoms. The van der Waals surface area contributed by atoms with Gasteiger partial charge in [0.1, 0.15) is 0 Å². The highest BCUT2D eigenvalue weighted by Gasteiger charge is 2.28. The highest BCUT2D eigenvalue weighted by molar-refractivity contribution is 5.80. The molecule has 146 valence electrons. The van der Waals surface area contributed by atoms with Gasteiger partial charge in [-0.2, -0.15) is 0 Å². The Kier molecular flexibility index (Phi) is 6.87. The molecule has 3 rings (SSSR count). The monoisotopic (exact) mass is 368 g/mol. The molecule has 2 atom stereocenters. The van der Waals surface area contributed by atoms with E-state index in [2.05, 4.69) is 80.2 Å². The summed E-state index contributed by atoms with van der Waals surface area (Å²) < 4.78 is 2.23. The molecule has 0 aliphatic carbocycles. The molecule has 1 fully saturated rings. The number of nitrogens with zero attached hydrogens (tertiary/aromatic N) is 5. The van der Waals surface area contributed by atoms with Crippen LogP contribution in [0.1, 0.15) is 24.9 Å². The molecule has 1 N–H and O–H groups in total. The minimum absolute atomic E-state index is 0.445. The molecule has 1 aliphatic rings. The number of imidazole rings is 1. The summed E-state index contributed by atoms with van der Waals surface area (Å²) in [6.07, 6.45) is 7.03. The van der Waals surface area contributed by atoms with E-state index in [4.69, 9.17) is 0 Å². The molecular weight excluding hydrogens is 336 g/mol. The van der Waals surface area contributed by atoms with Gasteiger partial charge in [0.05, 0.1) is 12.4 Å². The van der Waals surface area contributed by atoms with Crippen molar-refractivity contribution in [3.05, 3.63) is 54.6 Å². The summed E-state index contributed by atoms with van der Waals surface area (Å²) in [6.45, 7) is 7.17. The summed E-state index contributed by atoms with van der Waals surface area (Å²) in [5.74, 6) is 1.64. The maximum atomic E-state index is 4.52. The molecule has 1 saturated heterocycles. The Bertz CT molecular complexity index is 697. The van der Waals surface area contributed by atoms with Gasteiger partial charge in [-0.3, -0.25) is 4.99 Å². The second kappa shape index (κ2) is 9.55. The molecule has 0 saturated carbocycles. The average Bonchev–Trinajstić information content (AvgIpc) is 3.21. The maximum Gasteiger partial charge on any atom is 0.193 e. The van der Waals surface area contributed by atoms with Crippen LogP contribution in [-0.2, 0) is 6.54 Å². The molecule has 6 heteroatoms. The summed E-state index contributed by atoms with van der Waals surface area (Å²) in [5, 5.41) is 3.55. The van der Waals surface area contributed by atoms with Crippen LogP contribution in [-0.4, -0.2) is 65.6 Å². The lowest BCUT2D eigenvalue weighted by Gasteiger charge is -2.39. The molecule has 0 amide bonds. The predicted octanol–water partition coefficient (Wildman–Crippen LogP) is 2.47. The van der Waals surface area contributed by atoms with Crippen LogP contribution in [0.5, 0.6) is 0 Å². The number of nitrogens with one attached hydrogen (secondary N) is 1. The Labute approximate surface area is 162 Å². The maximum absolute atomic E-state index is 4.52. The van der Waals surface area contributed by atoms with Gasteiger partial charge in [0.25, 0.3) is 0 Å². The van der Waals surface area contributed by atoms with Crippen molar-refractivity contribution in [2.45, 2.75) is 25.9 Å². The van der Waals surface area contributed by atoms with Crippen LogP contribution in [0.4, 0.5) is 0 Å². The van der Waals surface area contributed by atoms with Crippen molar-refractivity contribution in [1.29, 1.82) is 0 Å². The number of piperidine rings is 1. The summed E-state index contributed by atoms with van der Waals surface area (Å²) in [4.78, 5) is 13.5. The Balaban J connectivity index is 1.48. The topological polar surface area (TPSA) is 48.7 Å². The van der Waals surface area contributed by atoms with Gasteiger partial charge in [-0.1, -0.05) is 37.3 Å². The van der Waals surface area contributed by atoms with E-state index in [1.54, 1.807) is 0 Å². The van der Waals surface area contributed by atoms with Gasteiger partial charge >= 0.3 is 0 Å². The number of aliphatic imine (C=N–C) groups is 1. The lowest BCUT2D eigenvalue weighted by Crippen LogP contribution is -2.50. The minimum atomic E-state index is 0.445. The number of hydrogen-bond donors (Lipinski definition) is 1. The third kappa shape index (κ3) is 5.32.